The van der Waals surface area contributed by atoms with Crippen LogP contribution in [0.15, 0.2) is 108 Å². The topological polar surface area (TPSA) is 48.3 Å². The minimum atomic E-state index is -2.60. The minimum Gasteiger partial charge on any atom is -0.465 e. The Labute approximate surface area is 272 Å². The van der Waals surface area contributed by atoms with Crippen molar-refractivity contribution in [3.8, 4) is 33.5 Å². The van der Waals surface area contributed by atoms with Gasteiger partial charge in [-0.05, 0) is 84.1 Å². The zero-order valence-corrected chi connectivity index (χ0v) is 26.1. The molecule has 0 bridgehead atoms. The normalized spacial score (nSPS) is 11.3. The second kappa shape index (κ2) is 12.9. The number of carbonyl (C=O) groups is 2. The van der Waals surface area contributed by atoms with Gasteiger partial charge >= 0.3 is 5.97 Å². The van der Waals surface area contributed by atoms with Crippen molar-refractivity contribution in [1.29, 1.82) is 0 Å². The summed E-state index contributed by atoms with van der Waals surface area (Å²) in [7, 11) is 1.30. The number of fused-ring (bicyclic) bond motifs is 1. The summed E-state index contributed by atoms with van der Waals surface area (Å²) in [6, 6.07) is 28.4. The molecule has 6 aromatic rings. The van der Waals surface area contributed by atoms with Crippen molar-refractivity contribution in [1.82, 2.24) is 3.97 Å². The Morgan fingerprint density at radius 3 is 2.33 bits per heavy atom. The number of aromatic nitrogens is 1. The second-order valence-electron chi connectivity index (χ2n) is 10.6. The average Bonchev–Trinajstić information content (AvgIpc) is 3.36. The van der Waals surface area contributed by atoms with Gasteiger partial charge in [0.25, 0.3) is 6.43 Å². The van der Waals surface area contributed by atoms with Crippen LogP contribution in [0.4, 0.5) is 13.2 Å². The van der Waals surface area contributed by atoms with Crippen LogP contribution in [-0.2, 0) is 4.74 Å². The van der Waals surface area contributed by atoms with Gasteiger partial charge < -0.3 is 4.74 Å². The van der Waals surface area contributed by atoms with Crippen LogP contribution >= 0.6 is 23.5 Å². The standard InChI is InChI=1S/C37H25ClF3NO3S/c1-21-5-3-8-26(20-43)33(21)34-30-19-27(39)12-16-32(30)42(46-28-13-9-22(10-14-28)36(40)41)35(34)24-7-4-6-23(17-24)29-15-11-25(18-31(29)38)37(44)45-2/h3-20,36H,1-2H3. The number of alkyl halides is 2. The second-order valence-corrected chi connectivity index (χ2v) is 12.0. The van der Waals surface area contributed by atoms with Crippen LogP contribution in [0, 0.1) is 12.7 Å². The molecule has 0 saturated carbocycles. The lowest BCUT2D eigenvalue weighted by atomic mass is 9.91. The molecule has 0 N–H and O–H groups in total. The number of halogens is 4. The summed E-state index contributed by atoms with van der Waals surface area (Å²) in [6.45, 7) is 1.89. The summed E-state index contributed by atoms with van der Waals surface area (Å²) in [5.41, 5.74) is 6.27. The van der Waals surface area contributed by atoms with Crippen LogP contribution in [0.25, 0.3) is 44.4 Å². The summed E-state index contributed by atoms with van der Waals surface area (Å²) in [5.74, 6) is -0.956. The quantitative estimate of drug-likeness (QED) is 0.121. The van der Waals surface area contributed by atoms with E-state index < -0.39 is 18.2 Å². The van der Waals surface area contributed by atoms with Crippen LogP contribution in [0.5, 0.6) is 0 Å². The number of rotatable bonds is 8. The molecule has 0 aliphatic rings. The number of methoxy groups -OCH3 is 1. The lowest BCUT2D eigenvalue weighted by Gasteiger charge is -2.16. The fourth-order valence-electron chi connectivity index (χ4n) is 5.58. The van der Waals surface area contributed by atoms with E-state index in [1.165, 1.54) is 43.3 Å². The van der Waals surface area contributed by atoms with Gasteiger partial charge in [-0.2, -0.15) is 0 Å². The summed E-state index contributed by atoms with van der Waals surface area (Å²) >= 11 is 7.95. The van der Waals surface area contributed by atoms with E-state index >= 15 is 0 Å². The van der Waals surface area contributed by atoms with Gasteiger partial charge in [0.15, 0.2) is 6.29 Å². The molecule has 0 fully saturated rings. The molecule has 0 radical (unpaired) electrons. The SMILES string of the molecule is COC(=O)c1ccc(-c2cccc(-c3c(-c4c(C)cccc4C=O)c4cc(F)ccc4n3Sc3ccc(C(F)F)cc3)c2)c(Cl)c1. The molecule has 1 aromatic heterocycles. The zero-order chi connectivity index (χ0) is 32.5. The Balaban J connectivity index is 1.64. The number of hydrogen-bond acceptors (Lipinski definition) is 4. The largest absolute Gasteiger partial charge is 0.465 e. The number of aryl methyl sites for hydroxylation is 1. The van der Waals surface area contributed by atoms with Gasteiger partial charge in [-0.1, -0.05) is 66.2 Å². The van der Waals surface area contributed by atoms with E-state index in [1.54, 1.807) is 48.5 Å². The van der Waals surface area contributed by atoms with Crippen LogP contribution in [0.2, 0.25) is 5.02 Å². The van der Waals surface area contributed by atoms with E-state index in [-0.39, 0.29) is 5.56 Å². The number of hydrogen-bond donors (Lipinski definition) is 0. The molecule has 1 heterocycles. The van der Waals surface area contributed by atoms with Gasteiger partial charge in [-0.3, -0.25) is 8.77 Å². The highest BCUT2D eigenvalue weighted by atomic mass is 35.5. The van der Waals surface area contributed by atoms with Gasteiger partial charge in [0, 0.05) is 43.1 Å². The van der Waals surface area contributed by atoms with Crippen molar-refractivity contribution < 1.29 is 27.5 Å². The van der Waals surface area contributed by atoms with Crippen molar-refractivity contribution in [2.45, 2.75) is 18.2 Å². The molecule has 0 atom stereocenters. The third-order valence-electron chi connectivity index (χ3n) is 7.73. The summed E-state index contributed by atoms with van der Waals surface area (Å²) in [6.07, 6.45) is -1.82. The maximum Gasteiger partial charge on any atom is 0.337 e. The van der Waals surface area contributed by atoms with Gasteiger partial charge in [-0.15, -0.1) is 0 Å². The fraction of sp³-hybridized carbons (Fsp3) is 0.0811. The first-order valence-corrected chi connectivity index (χ1v) is 15.3. The van der Waals surface area contributed by atoms with E-state index in [0.717, 1.165) is 23.0 Å². The van der Waals surface area contributed by atoms with Crippen LogP contribution in [0.3, 0.4) is 0 Å². The lowest BCUT2D eigenvalue weighted by Crippen LogP contribution is -2.01. The summed E-state index contributed by atoms with van der Waals surface area (Å²) in [5, 5.41) is 0.925. The van der Waals surface area contributed by atoms with E-state index in [9.17, 15) is 22.8 Å². The molecule has 5 aromatic carbocycles. The van der Waals surface area contributed by atoms with E-state index in [0.29, 0.717) is 54.3 Å². The molecule has 4 nitrogen and oxygen atoms in total. The highest BCUT2D eigenvalue weighted by molar-refractivity contribution is 7.98. The maximum absolute atomic E-state index is 14.9. The molecule has 0 saturated heterocycles. The highest BCUT2D eigenvalue weighted by Crippen LogP contribution is 2.47. The average molecular weight is 656 g/mol. The van der Waals surface area contributed by atoms with Gasteiger partial charge in [0.2, 0.25) is 0 Å². The Morgan fingerprint density at radius 1 is 0.891 bits per heavy atom. The smallest absolute Gasteiger partial charge is 0.337 e. The number of carbonyl (C=O) groups excluding carboxylic acids is 2. The number of aldehydes is 1. The maximum atomic E-state index is 14.9. The molecular weight excluding hydrogens is 631 g/mol. The van der Waals surface area contributed by atoms with Gasteiger partial charge in [-0.25, -0.2) is 18.0 Å². The van der Waals surface area contributed by atoms with Crippen molar-refractivity contribution in [2.75, 3.05) is 7.11 Å². The molecule has 0 aliphatic heterocycles. The van der Waals surface area contributed by atoms with Gasteiger partial charge in [0.05, 0.1) is 23.9 Å². The Kier molecular flexibility index (Phi) is 8.75. The third kappa shape index (κ3) is 5.82. The number of benzene rings is 5. The number of ether oxygens (including phenoxy) is 1. The molecule has 9 heteroatoms. The third-order valence-corrected chi connectivity index (χ3v) is 9.09. The first-order valence-electron chi connectivity index (χ1n) is 14.1. The van der Waals surface area contributed by atoms with Crippen molar-refractivity contribution >= 4 is 46.7 Å². The van der Waals surface area contributed by atoms with Crippen molar-refractivity contribution in [3.05, 3.63) is 136 Å². The number of nitrogens with zero attached hydrogens (tertiary/aromatic N) is 1. The van der Waals surface area contributed by atoms with E-state index in [4.69, 9.17) is 16.3 Å². The zero-order valence-electron chi connectivity index (χ0n) is 24.6. The molecule has 0 amide bonds. The fourth-order valence-corrected chi connectivity index (χ4v) is 6.89. The van der Waals surface area contributed by atoms with Gasteiger partial charge in [0.1, 0.15) is 5.82 Å². The molecule has 0 unspecified atom stereocenters. The Hall–Kier alpha value is -4.79. The number of esters is 1. The summed E-state index contributed by atoms with van der Waals surface area (Å²) < 4.78 is 48.4. The van der Waals surface area contributed by atoms with Crippen LogP contribution in [-0.4, -0.2) is 23.3 Å². The highest BCUT2D eigenvalue weighted by Gasteiger charge is 2.25. The molecule has 230 valence electrons. The lowest BCUT2D eigenvalue weighted by molar-refractivity contribution is 0.0600. The van der Waals surface area contributed by atoms with Crippen molar-refractivity contribution in [2.24, 2.45) is 0 Å². The van der Waals surface area contributed by atoms with E-state index in [1.807, 2.05) is 41.2 Å². The van der Waals surface area contributed by atoms with Crippen LogP contribution < -0.4 is 0 Å². The van der Waals surface area contributed by atoms with Crippen molar-refractivity contribution in [3.63, 3.8) is 0 Å². The molecule has 0 aliphatic carbocycles. The van der Waals surface area contributed by atoms with Crippen LogP contribution in [0.1, 0.15) is 38.3 Å². The molecule has 6 rings (SSSR count). The molecule has 46 heavy (non-hydrogen) atoms. The monoisotopic (exact) mass is 655 g/mol. The predicted octanol–water partition coefficient (Wildman–Crippen LogP) is 10.8. The summed E-state index contributed by atoms with van der Waals surface area (Å²) in [4.78, 5) is 25.1. The molecule has 0 spiro atoms. The first kappa shape index (κ1) is 31.2. The molecular formula is C37H25ClF3NO3S. The Morgan fingerprint density at radius 2 is 1.63 bits per heavy atom. The predicted molar refractivity (Wildman–Crippen MR) is 177 cm³/mol. The van der Waals surface area contributed by atoms with E-state index in [2.05, 4.69) is 0 Å². The minimum absolute atomic E-state index is 0.0944. The Bertz CT molecular complexity index is 2130. The first-order chi connectivity index (χ1) is 22.2.